The van der Waals surface area contributed by atoms with Crippen molar-refractivity contribution in [2.45, 2.75) is 32.1 Å². The fourth-order valence-corrected chi connectivity index (χ4v) is 3.49. The van der Waals surface area contributed by atoms with Crippen LogP contribution in [0.3, 0.4) is 0 Å². The van der Waals surface area contributed by atoms with E-state index in [1.807, 2.05) is 47.0 Å². The van der Waals surface area contributed by atoms with Gasteiger partial charge in [-0.1, -0.05) is 19.1 Å². The predicted molar refractivity (Wildman–Crippen MR) is 92.9 cm³/mol. The van der Waals surface area contributed by atoms with Gasteiger partial charge in [0.2, 0.25) is 11.8 Å². The quantitative estimate of drug-likeness (QED) is 0.872. The highest BCUT2D eigenvalue weighted by Gasteiger charge is 2.27. The van der Waals surface area contributed by atoms with Gasteiger partial charge in [-0.3, -0.25) is 9.59 Å². The zero-order chi connectivity index (χ0) is 16.1. The molecular formula is C17H22N2O2S. The van der Waals surface area contributed by atoms with E-state index in [4.69, 9.17) is 0 Å². The minimum Gasteiger partial charge on any atom is -0.335 e. The largest absolute Gasteiger partial charge is 0.335 e. The van der Waals surface area contributed by atoms with Crippen molar-refractivity contribution < 1.29 is 9.59 Å². The van der Waals surface area contributed by atoms with E-state index in [0.717, 1.165) is 23.5 Å². The number of nitrogens with one attached hydrogen (secondary N) is 1. The number of anilines is 1. The standard InChI is InChI=1S/C17H22N2O2S/c1-12-13(2)22-11-10-19(12)17(21)9-6-15-4-7-16(8-5-15)18-14(3)20/h4-9,12-13H,10-11H2,1-3H3,(H,18,20)/b9-6+. The minimum absolute atomic E-state index is 0.0607. The van der Waals surface area contributed by atoms with Gasteiger partial charge in [-0.2, -0.15) is 11.8 Å². The molecule has 0 spiro atoms. The molecule has 118 valence electrons. The number of thioether (sulfide) groups is 1. The number of carbonyl (C=O) groups is 2. The van der Waals surface area contributed by atoms with Crippen LogP contribution >= 0.6 is 11.8 Å². The van der Waals surface area contributed by atoms with Gasteiger partial charge in [-0.15, -0.1) is 0 Å². The summed E-state index contributed by atoms with van der Waals surface area (Å²) in [4.78, 5) is 25.2. The molecule has 0 aliphatic carbocycles. The summed E-state index contributed by atoms with van der Waals surface area (Å²) in [5.41, 5.74) is 1.70. The second kappa shape index (κ2) is 7.49. The second-order valence-corrected chi connectivity index (χ2v) is 6.97. The van der Waals surface area contributed by atoms with E-state index >= 15 is 0 Å². The lowest BCUT2D eigenvalue weighted by atomic mass is 10.1. The second-order valence-electron chi connectivity index (χ2n) is 5.48. The van der Waals surface area contributed by atoms with Gasteiger partial charge in [0, 0.05) is 42.3 Å². The van der Waals surface area contributed by atoms with Gasteiger partial charge in [0.1, 0.15) is 0 Å². The Morgan fingerprint density at radius 2 is 1.95 bits per heavy atom. The van der Waals surface area contributed by atoms with Crippen molar-refractivity contribution in [2.75, 3.05) is 17.6 Å². The van der Waals surface area contributed by atoms with Crippen molar-refractivity contribution in [3.05, 3.63) is 35.9 Å². The lowest BCUT2D eigenvalue weighted by Gasteiger charge is -2.36. The first-order valence-corrected chi connectivity index (χ1v) is 8.50. The first kappa shape index (κ1) is 16.6. The van der Waals surface area contributed by atoms with Crippen molar-refractivity contribution in [3.63, 3.8) is 0 Å². The lowest BCUT2D eigenvalue weighted by molar-refractivity contribution is -0.127. The lowest BCUT2D eigenvalue weighted by Crippen LogP contribution is -2.47. The topological polar surface area (TPSA) is 49.4 Å². The molecule has 0 radical (unpaired) electrons. The van der Waals surface area contributed by atoms with Gasteiger partial charge in [-0.25, -0.2) is 0 Å². The Morgan fingerprint density at radius 1 is 1.27 bits per heavy atom. The number of carbonyl (C=O) groups excluding carboxylic acids is 2. The maximum atomic E-state index is 12.3. The molecule has 2 atom stereocenters. The monoisotopic (exact) mass is 318 g/mol. The van der Waals surface area contributed by atoms with Gasteiger partial charge >= 0.3 is 0 Å². The van der Waals surface area contributed by atoms with E-state index in [1.54, 1.807) is 6.08 Å². The van der Waals surface area contributed by atoms with Crippen LogP contribution in [0.1, 0.15) is 26.3 Å². The van der Waals surface area contributed by atoms with Crippen LogP contribution in [-0.4, -0.2) is 40.3 Å². The van der Waals surface area contributed by atoms with E-state index in [0.29, 0.717) is 5.25 Å². The Morgan fingerprint density at radius 3 is 2.59 bits per heavy atom. The number of hydrogen-bond acceptors (Lipinski definition) is 3. The number of hydrogen-bond donors (Lipinski definition) is 1. The SMILES string of the molecule is CC(=O)Nc1ccc(/C=C/C(=O)N2CCSC(C)C2C)cc1. The van der Waals surface area contributed by atoms with E-state index in [-0.39, 0.29) is 17.9 Å². The van der Waals surface area contributed by atoms with Crippen molar-refractivity contribution >= 4 is 35.3 Å². The summed E-state index contributed by atoms with van der Waals surface area (Å²) in [5, 5.41) is 3.19. The molecule has 0 saturated carbocycles. The molecule has 1 heterocycles. The summed E-state index contributed by atoms with van der Waals surface area (Å²) in [6.45, 7) is 6.55. The Hall–Kier alpha value is -1.75. The van der Waals surface area contributed by atoms with E-state index in [2.05, 4.69) is 19.2 Å². The van der Waals surface area contributed by atoms with Crippen molar-refractivity contribution in [1.29, 1.82) is 0 Å². The molecule has 1 saturated heterocycles. The normalized spacial score (nSPS) is 21.9. The summed E-state index contributed by atoms with van der Waals surface area (Å²) in [5.74, 6) is 0.964. The van der Waals surface area contributed by atoms with Gasteiger partial charge in [0.05, 0.1) is 0 Å². The van der Waals surface area contributed by atoms with Crippen LogP contribution in [0.4, 0.5) is 5.69 Å². The summed E-state index contributed by atoms with van der Waals surface area (Å²) in [6, 6.07) is 7.68. The molecule has 1 aromatic carbocycles. The molecule has 0 aromatic heterocycles. The van der Waals surface area contributed by atoms with Gasteiger partial charge < -0.3 is 10.2 Å². The van der Waals surface area contributed by atoms with Crippen LogP contribution in [0.5, 0.6) is 0 Å². The zero-order valence-electron chi connectivity index (χ0n) is 13.2. The third-order valence-corrected chi connectivity index (χ3v) is 5.15. The number of benzene rings is 1. The van der Waals surface area contributed by atoms with Crippen molar-refractivity contribution in [2.24, 2.45) is 0 Å². The fraction of sp³-hybridized carbons (Fsp3) is 0.412. The third-order valence-electron chi connectivity index (χ3n) is 3.82. The van der Waals surface area contributed by atoms with Crippen LogP contribution in [0.2, 0.25) is 0 Å². The van der Waals surface area contributed by atoms with E-state index in [1.165, 1.54) is 6.92 Å². The molecule has 5 heteroatoms. The zero-order valence-corrected chi connectivity index (χ0v) is 14.0. The minimum atomic E-state index is -0.0930. The smallest absolute Gasteiger partial charge is 0.246 e. The number of amides is 2. The predicted octanol–water partition coefficient (Wildman–Crippen LogP) is 3.01. The highest BCUT2D eigenvalue weighted by atomic mass is 32.2. The van der Waals surface area contributed by atoms with Crippen molar-refractivity contribution in [1.82, 2.24) is 4.90 Å². The fourth-order valence-electron chi connectivity index (χ4n) is 2.39. The Kier molecular flexibility index (Phi) is 5.66. The van der Waals surface area contributed by atoms with Crippen LogP contribution in [0, 0.1) is 0 Å². The Labute approximate surface area is 136 Å². The summed E-state index contributed by atoms with van der Waals surface area (Å²) in [7, 11) is 0. The molecule has 1 N–H and O–H groups in total. The van der Waals surface area contributed by atoms with Crippen LogP contribution in [-0.2, 0) is 9.59 Å². The third kappa shape index (κ3) is 4.37. The van der Waals surface area contributed by atoms with Crippen molar-refractivity contribution in [3.8, 4) is 0 Å². The molecule has 1 aliphatic rings. The van der Waals surface area contributed by atoms with E-state index < -0.39 is 0 Å². The summed E-state index contributed by atoms with van der Waals surface area (Å²) in [6.07, 6.45) is 3.45. The van der Waals surface area contributed by atoms with Gasteiger partial charge in [-0.05, 0) is 30.7 Å². The first-order chi connectivity index (χ1) is 10.5. The molecule has 2 rings (SSSR count). The maximum absolute atomic E-state index is 12.3. The average molecular weight is 318 g/mol. The molecule has 2 amide bonds. The molecule has 1 fully saturated rings. The molecule has 1 aromatic rings. The van der Waals surface area contributed by atoms with Crippen LogP contribution in [0.25, 0.3) is 6.08 Å². The maximum Gasteiger partial charge on any atom is 0.246 e. The summed E-state index contributed by atoms with van der Waals surface area (Å²) < 4.78 is 0. The number of nitrogens with zero attached hydrogens (tertiary/aromatic N) is 1. The average Bonchev–Trinajstić information content (AvgIpc) is 2.48. The highest BCUT2D eigenvalue weighted by molar-refractivity contribution is 8.00. The Balaban J connectivity index is 1.98. The van der Waals surface area contributed by atoms with Gasteiger partial charge in [0.25, 0.3) is 0 Å². The molecule has 22 heavy (non-hydrogen) atoms. The summed E-state index contributed by atoms with van der Waals surface area (Å²) >= 11 is 1.92. The number of rotatable bonds is 3. The van der Waals surface area contributed by atoms with Gasteiger partial charge in [0.15, 0.2) is 0 Å². The molecular weight excluding hydrogens is 296 g/mol. The van der Waals surface area contributed by atoms with Crippen LogP contribution in [0.15, 0.2) is 30.3 Å². The molecule has 2 unspecified atom stereocenters. The first-order valence-electron chi connectivity index (χ1n) is 7.45. The van der Waals surface area contributed by atoms with E-state index in [9.17, 15) is 9.59 Å². The molecule has 4 nitrogen and oxygen atoms in total. The molecule has 0 bridgehead atoms. The Bertz CT molecular complexity index is 569. The van der Waals surface area contributed by atoms with Crippen LogP contribution < -0.4 is 5.32 Å². The highest BCUT2D eigenvalue weighted by Crippen LogP contribution is 2.24. The molecule has 1 aliphatic heterocycles.